The summed E-state index contributed by atoms with van der Waals surface area (Å²) < 4.78 is 5.59. The standard InChI is InChI=1S/C23H37ClN4O2.HI/c1-2-25-22(27-17-23(9-13-29)10-14-30-18-23)26-15-19-7-11-28(12-8-19)16-20-5-3-4-6-21(20)24;/h3-6,19,29H,2,7-18H2,1H3,(H2,25,26,27);1H. The highest BCUT2D eigenvalue weighted by Crippen LogP contribution is 2.32. The number of nitrogens with zero attached hydrogens (tertiary/aromatic N) is 2. The molecule has 6 nitrogen and oxygen atoms in total. The normalized spacial score (nSPS) is 22.9. The maximum atomic E-state index is 9.42. The summed E-state index contributed by atoms with van der Waals surface area (Å²) in [5.74, 6) is 1.53. The molecule has 1 aromatic rings. The van der Waals surface area contributed by atoms with E-state index in [2.05, 4.69) is 34.6 Å². The predicted molar refractivity (Wildman–Crippen MR) is 138 cm³/mol. The Labute approximate surface area is 209 Å². The first-order valence-electron chi connectivity index (χ1n) is 11.3. The van der Waals surface area contributed by atoms with Gasteiger partial charge in [0, 0.05) is 43.3 Å². The number of guanidine groups is 1. The number of rotatable bonds is 9. The van der Waals surface area contributed by atoms with Crippen molar-refractivity contribution in [1.29, 1.82) is 0 Å². The molecule has 3 N–H and O–H groups in total. The summed E-state index contributed by atoms with van der Waals surface area (Å²) in [5, 5.41) is 17.2. The van der Waals surface area contributed by atoms with Gasteiger partial charge in [0.15, 0.2) is 5.96 Å². The van der Waals surface area contributed by atoms with Crippen LogP contribution in [0.1, 0.15) is 38.2 Å². The molecule has 0 bridgehead atoms. The molecule has 0 radical (unpaired) electrons. The van der Waals surface area contributed by atoms with E-state index in [1.807, 2.05) is 12.1 Å². The third kappa shape index (κ3) is 8.35. The molecule has 3 rings (SSSR count). The number of nitrogens with one attached hydrogen (secondary N) is 2. The number of aliphatic hydroxyl groups is 1. The van der Waals surface area contributed by atoms with Gasteiger partial charge in [-0.15, -0.1) is 24.0 Å². The van der Waals surface area contributed by atoms with E-state index in [1.165, 1.54) is 18.4 Å². The van der Waals surface area contributed by atoms with Gasteiger partial charge in [-0.2, -0.15) is 0 Å². The average Bonchev–Trinajstić information content (AvgIpc) is 3.22. The zero-order valence-corrected chi connectivity index (χ0v) is 21.7. The SMILES string of the molecule is CCNC(=NCC1(CCO)CCOC1)NCC1CCN(Cc2ccccc2Cl)CC1.I. The fraction of sp³-hybridized carbons (Fsp3) is 0.696. The molecule has 0 aromatic heterocycles. The molecule has 2 saturated heterocycles. The predicted octanol–water partition coefficient (Wildman–Crippen LogP) is 3.51. The van der Waals surface area contributed by atoms with E-state index in [9.17, 15) is 5.11 Å². The molecule has 2 fully saturated rings. The lowest BCUT2D eigenvalue weighted by Gasteiger charge is -2.32. The van der Waals surface area contributed by atoms with Crippen LogP contribution >= 0.6 is 35.6 Å². The largest absolute Gasteiger partial charge is 0.396 e. The smallest absolute Gasteiger partial charge is 0.191 e. The highest BCUT2D eigenvalue weighted by Gasteiger charge is 2.34. The van der Waals surface area contributed by atoms with Crippen molar-refractivity contribution >= 4 is 41.5 Å². The lowest BCUT2D eigenvalue weighted by Crippen LogP contribution is -2.43. The van der Waals surface area contributed by atoms with Crippen molar-refractivity contribution in [2.75, 3.05) is 52.5 Å². The Morgan fingerprint density at radius 1 is 1.29 bits per heavy atom. The molecular formula is C23H38ClIN4O2. The molecule has 1 unspecified atom stereocenters. The van der Waals surface area contributed by atoms with Crippen LogP contribution in [0.25, 0.3) is 0 Å². The molecule has 2 aliphatic rings. The molecule has 2 aliphatic heterocycles. The maximum Gasteiger partial charge on any atom is 0.191 e. The number of hydrogen-bond donors (Lipinski definition) is 3. The molecule has 0 aliphatic carbocycles. The second-order valence-corrected chi connectivity index (χ2v) is 9.07. The molecule has 31 heavy (non-hydrogen) atoms. The van der Waals surface area contributed by atoms with E-state index in [0.717, 1.165) is 63.2 Å². The Balaban J connectivity index is 0.00000341. The Morgan fingerprint density at radius 3 is 2.71 bits per heavy atom. The van der Waals surface area contributed by atoms with Crippen LogP contribution in [-0.4, -0.2) is 68.5 Å². The quantitative estimate of drug-likeness (QED) is 0.243. The number of halogens is 2. The van der Waals surface area contributed by atoms with Crippen molar-refractivity contribution in [2.45, 2.75) is 39.2 Å². The monoisotopic (exact) mass is 564 g/mol. The summed E-state index contributed by atoms with van der Waals surface area (Å²) in [6.07, 6.45) is 4.08. The van der Waals surface area contributed by atoms with E-state index >= 15 is 0 Å². The molecule has 2 heterocycles. The van der Waals surface area contributed by atoms with Gasteiger partial charge in [0.05, 0.1) is 13.2 Å². The molecule has 176 valence electrons. The summed E-state index contributed by atoms with van der Waals surface area (Å²) in [6, 6.07) is 8.13. The van der Waals surface area contributed by atoms with E-state index < -0.39 is 0 Å². The number of aliphatic imine (C=N–C) groups is 1. The van der Waals surface area contributed by atoms with Crippen LogP contribution in [0.4, 0.5) is 0 Å². The van der Waals surface area contributed by atoms with Crippen LogP contribution in [-0.2, 0) is 11.3 Å². The second-order valence-electron chi connectivity index (χ2n) is 8.66. The molecule has 0 saturated carbocycles. The molecule has 1 aromatic carbocycles. The minimum Gasteiger partial charge on any atom is -0.396 e. The lowest BCUT2D eigenvalue weighted by atomic mass is 9.84. The third-order valence-electron chi connectivity index (χ3n) is 6.36. The van der Waals surface area contributed by atoms with E-state index in [-0.39, 0.29) is 36.0 Å². The summed E-state index contributed by atoms with van der Waals surface area (Å²) in [4.78, 5) is 7.33. The number of aliphatic hydroxyl groups excluding tert-OH is 1. The molecular weight excluding hydrogens is 527 g/mol. The van der Waals surface area contributed by atoms with Gasteiger partial charge >= 0.3 is 0 Å². The zero-order chi connectivity index (χ0) is 21.2. The van der Waals surface area contributed by atoms with Crippen LogP contribution in [0.15, 0.2) is 29.3 Å². The number of likely N-dealkylation sites (tertiary alicyclic amines) is 1. The van der Waals surface area contributed by atoms with Crippen molar-refractivity contribution in [2.24, 2.45) is 16.3 Å². The van der Waals surface area contributed by atoms with Crippen LogP contribution in [0.3, 0.4) is 0 Å². The summed E-state index contributed by atoms with van der Waals surface area (Å²) in [6.45, 7) is 9.35. The van der Waals surface area contributed by atoms with Crippen LogP contribution in [0, 0.1) is 11.3 Å². The summed E-state index contributed by atoms with van der Waals surface area (Å²) in [5.41, 5.74) is 1.20. The first-order chi connectivity index (χ1) is 14.6. The topological polar surface area (TPSA) is 69.1 Å². The highest BCUT2D eigenvalue weighted by atomic mass is 127. The number of hydrogen-bond acceptors (Lipinski definition) is 4. The van der Waals surface area contributed by atoms with Gasteiger partial charge in [-0.25, -0.2) is 0 Å². The highest BCUT2D eigenvalue weighted by molar-refractivity contribution is 14.0. The Kier molecular flexibility index (Phi) is 11.9. The molecule has 0 spiro atoms. The third-order valence-corrected chi connectivity index (χ3v) is 6.73. The van der Waals surface area contributed by atoms with Gasteiger partial charge in [0.25, 0.3) is 0 Å². The van der Waals surface area contributed by atoms with Gasteiger partial charge in [0.1, 0.15) is 0 Å². The number of piperidine rings is 1. The Morgan fingerprint density at radius 2 is 2.06 bits per heavy atom. The Hall–Kier alpha value is -0.610. The van der Waals surface area contributed by atoms with Gasteiger partial charge < -0.3 is 20.5 Å². The average molecular weight is 565 g/mol. The Bertz CT molecular complexity index is 677. The minimum absolute atomic E-state index is 0. The maximum absolute atomic E-state index is 9.42. The summed E-state index contributed by atoms with van der Waals surface area (Å²) >= 11 is 6.31. The lowest BCUT2D eigenvalue weighted by molar-refractivity contribution is 0.131. The van der Waals surface area contributed by atoms with Gasteiger partial charge in [0.2, 0.25) is 0 Å². The van der Waals surface area contributed by atoms with E-state index in [0.29, 0.717) is 19.1 Å². The van der Waals surface area contributed by atoms with Crippen LogP contribution in [0.2, 0.25) is 5.02 Å². The fourth-order valence-electron chi connectivity index (χ4n) is 4.33. The van der Waals surface area contributed by atoms with Crippen molar-refractivity contribution in [3.63, 3.8) is 0 Å². The van der Waals surface area contributed by atoms with E-state index in [4.69, 9.17) is 21.3 Å². The molecule has 8 heteroatoms. The molecule has 0 amide bonds. The van der Waals surface area contributed by atoms with Gasteiger partial charge in [-0.05, 0) is 63.2 Å². The van der Waals surface area contributed by atoms with E-state index in [1.54, 1.807) is 0 Å². The number of benzene rings is 1. The minimum atomic E-state index is -0.0127. The van der Waals surface area contributed by atoms with Crippen LogP contribution in [0.5, 0.6) is 0 Å². The van der Waals surface area contributed by atoms with Crippen molar-refractivity contribution in [3.8, 4) is 0 Å². The first-order valence-corrected chi connectivity index (χ1v) is 11.7. The summed E-state index contributed by atoms with van der Waals surface area (Å²) in [7, 11) is 0. The van der Waals surface area contributed by atoms with Crippen molar-refractivity contribution < 1.29 is 9.84 Å². The van der Waals surface area contributed by atoms with Crippen molar-refractivity contribution in [3.05, 3.63) is 34.9 Å². The first kappa shape index (κ1) is 26.6. The van der Waals surface area contributed by atoms with Gasteiger partial charge in [-0.3, -0.25) is 9.89 Å². The number of ether oxygens (including phenoxy) is 1. The van der Waals surface area contributed by atoms with Crippen LogP contribution < -0.4 is 10.6 Å². The fourth-order valence-corrected chi connectivity index (χ4v) is 4.53. The van der Waals surface area contributed by atoms with Crippen molar-refractivity contribution in [1.82, 2.24) is 15.5 Å². The zero-order valence-electron chi connectivity index (χ0n) is 18.6. The van der Waals surface area contributed by atoms with Gasteiger partial charge in [-0.1, -0.05) is 29.8 Å². The second kappa shape index (κ2) is 13.8. The molecule has 1 atom stereocenters.